The predicted octanol–water partition coefficient (Wildman–Crippen LogP) is 2.14. The molecular weight excluding hydrogens is 274 g/mol. The van der Waals surface area contributed by atoms with Crippen LogP contribution in [0.15, 0.2) is 24.5 Å². The Balaban J connectivity index is 2.20. The number of carboxylic acids is 1. The van der Waals surface area contributed by atoms with Crippen LogP contribution in [0.25, 0.3) is 0 Å². The lowest BCUT2D eigenvalue weighted by Crippen LogP contribution is -2.12. The number of hydrogen-bond donors (Lipinski definition) is 1. The van der Waals surface area contributed by atoms with Gasteiger partial charge in [-0.2, -0.15) is 5.10 Å². The smallest absolute Gasteiger partial charge is 0.339 e. The summed E-state index contributed by atoms with van der Waals surface area (Å²) in [5.74, 6) is 0.290. The van der Waals surface area contributed by atoms with E-state index in [9.17, 15) is 9.90 Å². The number of hydrogen-bond acceptors (Lipinski definition) is 5. The first kappa shape index (κ1) is 14.8. The molecule has 2 rings (SSSR count). The molecule has 1 heterocycles. The summed E-state index contributed by atoms with van der Waals surface area (Å²) in [6, 6.07) is 4.79. The predicted molar refractivity (Wildman–Crippen MR) is 74.7 cm³/mol. The van der Waals surface area contributed by atoms with Crippen molar-refractivity contribution < 1.29 is 19.4 Å². The second kappa shape index (κ2) is 6.25. The fraction of sp³-hybridized carbons (Fsp3) is 0.357. The Morgan fingerprint density at radius 2 is 2.19 bits per heavy atom. The third kappa shape index (κ3) is 3.31. The zero-order valence-electron chi connectivity index (χ0n) is 12.1. The van der Waals surface area contributed by atoms with E-state index in [0.29, 0.717) is 11.6 Å². The molecule has 112 valence electrons. The Labute approximate surface area is 122 Å². The molecule has 1 N–H and O–H groups in total. The lowest BCUT2D eigenvalue weighted by atomic mass is 10.2. The summed E-state index contributed by atoms with van der Waals surface area (Å²) in [5, 5.41) is 13.3. The molecule has 0 aliphatic carbocycles. The molecule has 0 aliphatic rings. The van der Waals surface area contributed by atoms with E-state index in [2.05, 4.69) is 10.1 Å². The van der Waals surface area contributed by atoms with Crippen molar-refractivity contribution in [2.24, 2.45) is 0 Å². The number of aromatic carboxylic acids is 1. The zero-order chi connectivity index (χ0) is 15.4. The van der Waals surface area contributed by atoms with E-state index >= 15 is 0 Å². The SMILES string of the molecule is COc1ccc(OCc2ncnn2C(C)C)c(C(=O)O)c1. The maximum absolute atomic E-state index is 11.3. The lowest BCUT2D eigenvalue weighted by Gasteiger charge is -2.12. The van der Waals surface area contributed by atoms with Gasteiger partial charge in [0.1, 0.15) is 30.0 Å². The van der Waals surface area contributed by atoms with Crippen molar-refractivity contribution in [3.05, 3.63) is 35.9 Å². The lowest BCUT2D eigenvalue weighted by molar-refractivity contribution is 0.0691. The summed E-state index contributed by atoms with van der Waals surface area (Å²) < 4.78 is 12.3. The second-order valence-electron chi connectivity index (χ2n) is 4.67. The molecule has 0 radical (unpaired) electrons. The van der Waals surface area contributed by atoms with Gasteiger partial charge in [-0.1, -0.05) is 0 Å². The van der Waals surface area contributed by atoms with Crippen LogP contribution >= 0.6 is 0 Å². The Kier molecular flexibility index (Phi) is 4.42. The van der Waals surface area contributed by atoms with Gasteiger partial charge in [0, 0.05) is 6.04 Å². The first-order valence-corrected chi connectivity index (χ1v) is 6.45. The minimum Gasteiger partial charge on any atom is -0.497 e. The van der Waals surface area contributed by atoms with Crippen molar-refractivity contribution in [3.63, 3.8) is 0 Å². The largest absolute Gasteiger partial charge is 0.497 e. The van der Waals surface area contributed by atoms with Gasteiger partial charge in [0.25, 0.3) is 0 Å². The second-order valence-corrected chi connectivity index (χ2v) is 4.67. The molecule has 0 amide bonds. The number of nitrogens with zero attached hydrogens (tertiary/aromatic N) is 3. The van der Waals surface area contributed by atoms with Crippen LogP contribution in [0.5, 0.6) is 11.5 Å². The summed E-state index contributed by atoms with van der Waals surface area (Å²) in [6.07, 6.45) is 1.45. The van der Waals surface area contributed by atoms with Crippen molar-refractivity contribution >= 4 is 5.97 Å². The van der Waals surface area contributed by atoms with E-state index in [1.807, 2.05) is 13.8 Å². The van der Waals surface area contributed by atoms with Crippen LogP contribution in [0.1, 0.15) is 36.1 Å². The fourth-order valence-electron chi connectivity index (χ4n) is 1.88. The van der Waals surface area contributed by atoms with E-state index in [4.69, 9.17) is 9.47 Å². The first-order valence-electron chi connectivity index (χ1n) is 6.45. The minimum absolute atomic E-state index is 0.0463. The van der Waals surface area contributed by atoms with Crippen LogP contribution < -0.4 is 9.47 Å². The Bertz CT molecular complexity index is 637. The van der Waals surface area contributed by atoms with Crippen molar-refractivity contribution in [1.29, 1.82) is 0 Å². The first-order chi connectivity index (χ1) is 10.0. The molecule has 0 unspecified atom stereocenters. The van der Waals surface area contributed by atoms with Gasteiger partial charge in [-0.05, 0) is 32.0 Å². The summed E-state index contributed by atoms with van der Waals surface area (Å²) in [5.41, 5.74) is 0.0463. The fourth-order valence-corrected chi connectivity index (χ4v) is 1.88. The van der Waals surface area contributed by atoms with E-state index < -0.39 is 5.97 Å². The molecule has 21 heavy (non-hydrogen) atoms. The Morgan fingerprint density at radius 1 is 1.43 bits per heavy atom. The Hall–Kier alpha value is -2.57. The normalized spacial score (nSPS) is 10.7. The maximum Gasteiger partial charge on any atom is 0.339 e. The summed E-state index contributed by atoms with van der Waals surface area (Å²) >= 11 is 0. The van der Waals surface area contributed by atoms with Gasteiger partial charge in [0.2, 0.25) is 0 Å². The van der Waals surface area contributed by atoms with Crippen molar-refractivity contribution in [2.45, 2.75) is 26.5 Å². The minimum atomic E-state index is -1.07. The van der Waals surface area contributed by atoms with E-state index in [1.54, 1.807) is 16.8 Å². The molecule has 0 spiro atoms. The van der Waals surface area contributed by atoms with Gasteiger partial charge in [-0.25, -0.2) is 14.5 Å². The zero-order valence-corrected chi connectivity index (χ0v) is 12.1. The van der Waals surface area contributed by atoms with E-state index in [0.717, 1.165) is 0 Å². The molecule has 0 bridgehead atoms. The van der Waals surface area contributed by atoms with Crippen LogP contribution in [-0.2, 0) is 6.61 Å². The van der Waals surface area contributed by atoms with Crippen LogP contribution in [0.2, 0.25) is 0 Å². The number of carbonyl (C=O) groups is 1. The van der Waals surface area contributed by atoms with Crippen molar-refractivity contribution in [3.8, 4) is 11.5 Å². The average Bonchev–Trinajstić information content (AvgIpc) is 2.93. The third-order valence-corrected chi connectivity index (χ3v) is 2.91. The van der Waals surface area contributed by atoms with Crippen molar-refractivity contribution in [2.75, 3.05) is 7.11 Å². The summed E-state index contributed by atoms with van der Waals surface area (Å²) in [7, 11) is 1.48. The highest BCUT2D eigenvalue weighted by molar-refractivity contribution is 5.91. The quantitative estimate of drug-likeness (QED) is 0.877. The molecule has 7 nitrogen and oxygen atoms in total. The van der Waals surface area contributed by atoms with Gasteiger partial charge in [0.15, 0.2) is 5.82 Å². The highest BCUT2D eigenvalue weighted by Crippen LogP contribution is 2.25. The monoisotopic (exact) mass is 291 g/mol. The number of aromatic nitrogens is 3. The maximum atomic E-state index is 11.3. The van der Waals surface area contributed by atoms with Gasteiger partial charge < -0.3 is 14.6 Å². The van der Waals surface area contributed by atoms with Crippen LogP contribution in [0, 0.1) is 0 Å². The molecule has 7 heteroatoms. The number of ether oxygens (including phenoxy) is 2. The van der Waals surface area contributed by atoms with E-state index in [1.165, 1.54) is 19.5 Å². The summed E-state index contributed by atoms with van der Waals surface area (Å²) in [6.45, 7) is 4.10. The Morgan fingerprint density at radius 3 is 2.81 bits per heavy atom. The number of methoxy groups -OCH3 is 1. The van der Waals surface area contributed by atoms with Gasteiger partial charge >= 0.3 is 5.97 Å². The molecule has 0 saturated carbocycles. The summed E-state index contributed by atoms with van der Waals surface area (Å²) in [4.78, 5) is 15.4. The van der Waals surface area contributed by atoms with Gasteiger partial charge in [-0.15, -0.1) is 0 Å². The topological polar surface area (TPSA) is 86.5 Å². The molecule has 0 saturated heterocycles. The standard InChI is InChI=1S/C14H17N3O4/c1-9(2)17-13(15-8-16-17)7-21-12-5-4-10(20-3)6-11(12)14(18)19/h4-6,8-9H,7H2,1-3H3,(H,18,19). The van der Waals surface area contributed by atoms with Crippen LogP contribution in [-0.4, -0.2) is 33.0 Å². The highest BCUT2D eigenvalue weighted by atomic mass is 16.5. The number of carboxylic acid groups (broad SMARTS) is 1. The molecule has 1 aromatic heterocycles. The molecule has 0 fully saturated rings. The molecular formula is C14H17N3O4. The van der Waals surface area contributed by atoms with Crippen LogP contribution in [0.4, 0.5) is 0 Å². The van der Waals surface area contributed by atoms with Gasteiger partial charge in [-0.3, -0.25) is 0 Å². The van der Waals surface area contributed by atoms with Crippen LogP contribution in [0.3, 0.4) is 0 Å². The van der Waals surface area contributed by atoms with E-state index in [-0.39, 0.29) is 24.0 Å². The number of benzene rings is 1. The third-order valence-electron chi connectivity index (χ3n) is 2.91. The van der Waals surface area contributed by atoms with Crippen molar-refractivity contribution in [1.82, 2.24) is 14.8 Å². The highest BCUT2D eigenvalue weighted by Gasteiger charge is 2.15. The average molecular weight is 291 g/mol. The molecule has 0 atom stereocenters. The molecule has 0 aliphatic heterocycles. The number of rotatable bonds is 6. The van der Waals surface area contributed by atoms with Gasteiger partial charge in [0.05, 0.1) is 7.11 Å². The molecule has 1 aromatic carbocycles. The molecule has 2 aromatic rings.